The monoisotopic (exact) mass is 250 g/mol. The molecule has 0 spiro atoms. The molecule has 0 aliphatic carbocycles. The Morgan fingerprint density at radius 2 is 1.78 bits per heavy atom. The lowest BCUT2D eigenvalue weighted by Crippen LogP contribution is -2.38. The largest absolute Gasteiger partial charge is 0.389 e. The highest BCUT2D eigenvalue weighted by Gasteiger charge is 2.17. The molecule has 1 aromatic rings. The lowest BCUT2D eigenvalue weighted by atomic mass is 10.1. The van der Waals surface area contributed by atoms with Crippen LogP contribution in [0, 0.1) is 0 Å². The number of aliphatic hydroxyl groups is 1. The molecular formula is C15H26N2O. The molecule has 102 valence electrons. The second-order valence-electron chi connectivity index (χ2n) is 5.27. The zero-order chi connectivity index (χ0) is 13.6. The van der Waals surface area contributed by atoms with E-state index in [-0.39, 0.29) is 0 Å². The average molecular weight is 250 g/mol. The highest BCUT2D eigenvalue weighted by Crippen LogP contribution is 2.17. The highest BCUT2D eigenvalue weighted by molar-refractivity contribution is 5.47. The van der Waals surface area contributed by atoms with Gasteiger partial charge in [0.05, 0.1) is 5.60 Å². The normalized spacial score (nSPS) is 11.6. The molecular weight excluding hydrogens is 224 g/mol. The van der Waals surface area contributed by atoms with E-state index in [2.05, 4.69) is 48.3 Å². The van der Waals surface area contributed by atoms with Gasteiger partial charge in [-0.3, -0.25) is 0 Å². The molecule has 0 bridgehead atoms. The molecule has 3 nitrogen and oxygen atoms in total. The molecule has 18 heavy (non-hydrogen) atoms. The fourth-order valence-corrected chi connectivity index (χ4v) is 1.95. The van der Waals surface area contributed by atoms with E-state index in [0.717, 1.165) is 19.6 Å². The maximum atomic E-state index is 9.90. The predicted octanol–water partition coefficient (Wildman–Crippen LogP) is 2.39. The maximum Gasteiger partial charge on any atom is 0.0765 e. The van der Waals surface area contributed by atoms with E-state index in [9.17, 15) is 5.11 Å². The Balaban J connectivity index is 2.69. The van der Waals surface area contributed by atoms with Gasteiger partial charge in [0.15, 0.2) is 0 Å². The summed E-state index contributed by atoms with van der Waals surface area (Å²) in [6.45, 7) is 11.3. The van der Waals surface area contributed by atoms with Crippen molar-refractivity contribution in [2.45, 2.75) is 39.8 Å². The summed E-state index contributed by atoms with van der Waals surface area (Å²) in [4.78, 5) is 2.19. The topological polar surface area (TPSA) is 35.5 Å². The molecule has 0 amide bonds. The second kappa shape index (κ2) is 6.76. The van der Waals surface area contributed by atoms with Gasteiger partial charge in [0.2, 0.25) is 0 Å². The quantitative estimate of drug-likeness (QED) is 0.780. The summed E-state index contributed by atoms with van der Waals surface area (Å²) in [7, 11) is 0. The minimum Gasteiger partial charge on any atom is -0.389 e. The molecule has 1 aromatic carbocycles. The summed E-state index contributed by atoms with van der Waals surface area (Å²) >= 11 is 0. The van der Waals surface area contributed by atoms with Crippen LogP contribution in [0.2, 0.25) is 0 Å². The summed E-state index contributed by atoms with van der Waals surface area (Å²) in [6.07, 6.45) is 0. The van der Waals surface area contributed by atoms with Crippen molar-refractivity contribution in [3.63, 3.8) is 0 Å². The Labute approximate surface area is 111 Å². The summed E-state index contributed by atoms with van der Waals surface area (Å²) in [5.74, 6) is 0. The average Bonchev–Trinajstić information content (AvgIpc) is 2.33. The number of anilines is 1. The van der Waals surface area contributed by atoms with Crippen LogP contribution in [0.4, 0.5) is 5.69 Å². The van der Waals surface area contributed by atoms with Crippen LogP contribution in [0.1, 0.15) is 33.3 Å². The minimum atomic E-state index is -0.668. The van der Waals surface area contributed by atoms with Crippen molar-refractivity contribution in [1.82, 2.24) is 5.32 Å². The third kappa shape index (κ3) is 5.07. The third-order valence-electron chi connectivity index (χ3n) is 2.84. The first kappa shape index (κ1) is 15.0. The Morgan fingerprint density at radius 3 is 2.22 bits per heavy atom. The van der Waals surface area contributed by atoms with E-state index in [0.29, 0.717) is 6.54 Å². The number of hydrogen-bond acceptors (Lipinski definition) is 3. The molecule has 0 fully saturated rings. The molecule has 2 N–H and O–H groups in total. The molecule has 1 rings (SSSR count). The Bertz CT molecular complexity index is 341. The van der Waals surface area contributed by atoms with Crippen molar-refractivity contribution in [3.8, 4) is 0 Å². The lowest BCUT2D eigenvalue weighted by molar-refractivity contribution is 0.0876. The van der Waals surface area contributed by atoms with Gasteiger partial charge >= 0.3 is 0 Å². The summed E-state index contributed by atoms with van der Waals surface area (Å²) in [5.41, 5.74) is 1.79. The molecule has 0 aliphatic rings. The van der Waals surface area contributed by atoms with Crippen molar-refractivity contribution >= 4 is 5.69 Å². The number of nitrogens with one attached hydrogen (secondary N) is 1. The van der Waals surface area contributed by atoms with Crippen molar-refractivity contribution in [3.05, 3.63) is 29.8 Å². The Kier molecular flexibility index (Phi) is 5.63. The Hall–Kier alpha value is -1.06. The van der Waals surface area contributed by atoms with Crippen molar-refractivity contribution < 1.29 is 5.11 Å². The molecule has 0 heterocycles. The van der Waals surface area contributed by atoms with Gasteiger partial charge in [-0.1, -0.05) is 19.1 Å². The van der Waals surface area contributed by atoms with Gasteiger partial charge in [-0.15, -0.1) is 0 Å². The van der Waals surface area contributed by atoms with Crippen LogP contribution < -0.4 is 10.2 Å². The number of nitrogens with zero attached hydrogens (tertiary/aromatic N) is 1. The van der Waals surface area contributed by atoms with Crippen LogP contribution in [0.3, 0.4) is 0 Å². The summed E-state index contributed by atoms with van der Waals surface area (Å²) < 4.78 is 0. The molecule has 0 radical (unpaired) electrons. The molecule has 0 unspecified atom stereocenters. The van der Waals surface area contributed by atoms with Crippen LogP contribution in [0.25, 0.3) is 0 Å². The van der Waals surface area contributed by atoms with E-state index in [4.69, 9.17) is 0 Å². The minimum absolute atomic E-state index is 0.649. The highest BCUT2D eigenvalue weighted by atomic mass is 16.3. The van der Waals surface area contributed by atoms with Crippen LogP contribution in [0.5, 0.6) is 0 Å². The molecule has 0 aromatic heterocycles. The molecule has 0 aliphatic heterocycles. The third-order valence-corrected chi connectivity index (χ3v) is 2.84. The summed E-state index contributed by atoms with van der Waals surface area (Å²) in [5, 5.41) is 13.2. The zero-order valence-electron chi connectivity index (χ0n) is 12.0. The summed E-state index contributed by atoms with van der Waals surface area (Å²) in [6, 6.07) is 8.54. The SMILES string of the molecule is CCNCc1ccc(N(CC)CC(C)(C)O)cc1. The zero-order valence-corrected chi connectivity index (χ0v) is 12.0. The van der Waals surface area contributed by atoms with Gasteiger partial charge < -0.3 is 15.3 Å². The van der Waals surface area contributed by atoms with E-state index in [1.54, 1.807) is 0 Å². The van der Waals surface area contributed by atoms with Crippen LogP contribution in [-0.2, 0) is 6.54 Å². The van der Waals surface area contributed by atoms with Crippen molar-refractivity contribution in [1.29, 1.82) is 0 Å². The molecule has 0 saturated heterocycles. The predicted molar refractivity (Wildman–Crippen MR) is 78.0 cm³/mol. The van der Waals surface area contributed by atoms with Gasteiger partial charge in [0, 0.05) is 25.3 Å². The fourth-order valence-electron chi connectivity index (χ4n) is 1.95. The van der Waals surface area contributed by atoms with Crippen molar-refractivity contribution in [2.24, 2.45) is 0 Å². The molecule has 0 atom stereocenters. The standard InChI is InChI=1S/C15H26N2O/c1-5-16-11-13-7-9-14(10-8-13)17(6-2)12-15(3,4)18/h7-10,16,18H,5-6,11-12H2,1-4H3. The van der Waals surface area contributed by atoms with E-state index in [1.807, 2.05) is 13.8 Å². The van der Waals surface area contributed by atoms with Crippen LogP contribution in [-0.4, -0.2) is 30.3 Å². The molecule has 3 heteroatoms. The van der Waals surface area contributed by atoms with Crippen LogP contribution in [0.15, 0.2) is 24.3 Å². The number of benzene rings is 1. The smallest absolute Gasteiger partial charge is 0.0765 e. The second-order valence-corrected chi connectivity index (χ2v) is 5.27. The van der Waals surface area contributed by atoms with E-state index < -0.39 is 5.60 Å². The number of hydrogen-bond donors (Lipinski definition) is 2. The van der Waals surface area contributed by atoms with Gasteiger partial charge in [0.25, 0.3) is 0 Å². The van der Waals surface area contributed by atoms with Gasteiger partial charge in [0.1, 0.15) is 0 Å². The first-order valence-electron chi connectivity index (χ1n) is 6.73. The van der Waals surface area contributed by atoms with Crippen molar-refractivity contribution in [2.75, 3.05) is 24.5 Å². The van der Waals surface area contributed by atoms with E-state index in [1.165, 1.54) is 11.3 Å². The van der Waals surface area contributed by atoms with Gasteiger partial charge in [-0.2, -0.15) is 0 Å². The lowest BCUT2D eigenvalue weighted by Gasteiger charge is -2.30. The first-order chi connectivity index (χ1) is 8.46. The maximum absolute atomic E-state index is 9.90. The van der Waals surface area contributed by atoms with Gasteiger partial charge in [-0.05, 0) is 45.0 Å². The number of rotatable bonds is 7. The van der Waals surface area contributed by atoms with Gasteiger partial charge in [-0.25, -0.2) is 0 Å². The Morgan fingerprint density at radius 1 is 1.17 bits per heavy atom. The first-order valence-corrected chi connectivity index (χ1v) is 6.73. The van der Waals surface area contributed by atoms with E-state index >= 15 is 0 Å². The van der Waals surface area contributed by atoms with Crippen LogP contribution >= 0.6 is 0 Å². The number of likely N-dealkylation sites (N-methyl/N-ethyl adjacent to an activating group) is 1. The molecule has 0 saturated carbocycles. The fraction of sp³-hybridized carbons (Fsp3) is 0.600.